The van der Waals surface area contributed by atoms with Gasteiger partial charge in [-0.3, -0.25) is 0 Å². The summed E-state index contributed by atoms with van der Waals surface area (Å²) < 4.78 is 1.28. The van der Waals surface area contributed by atoms with Crippen molar-refractivity contribution in [2.45, 2.75) is 19.4 Å². The van der Waals surface area contributed by atoms with Crippen LogP contribution in [0.3, 0.4) is 0 Å². The second kappa shape index (κ2) is 3.48. The predicted octanol–water partition coefficient (Wildman–Crippen LogP) is 3.34. The molecule has 0 amide bonds. The van der Waals surface area contributed by atoms with Crippen molar-refractivity contribution in [1.82, 2.24) is 0 Å². The van der Waals surface area contributed by atoms with Crippen LogP contribution in [0.25, 0.3) is 10.1 Å². The zero-order valence-corrected chi connectivity index (χ0v) is 8.34. The van der Waals surface area contributed by atoms with Crippen molar-refractivity contribution < 1.29 is 5.11 Å². The predicted molar refractivity (Wildman–Crippen MR) is 57.1 cm³/mol. The van der Waals surface area contributed by atoms with E-state index in [9.17, 15) is 5.11 Å². The standard InChI is InChI=1S/C11H12OS/c1-2-10(12)8-3-4-11-9(7-8)5-6-13-11/h3-7,10,12H,2H2,1H3. The van der Waals surface area contributed by atoms with Crippen LogP contribution in [-0.2, 0) is 0 Å². The molecule has 1 unspecified atom stereocenters. The number of hydrogen-bond acceptors (Lipinski definition) is 2. The highest BCUT2D eigenvalue weighted by molar-refractivity contribution is 7.17. The Morgan fingerprint density at radius 2 is 2.23 bits per heavy atom. The minimum Gasteiger partial charge on any atom is -0.388 e. The average molecular weight is 192 g/mol. The second-order valence-corrected chi connectivity index (χ2v) is 4.09. The highest BCUT2D eigenvalue weighted by Crippen LogP contribution is 2.25. The monoisotopic (exact) mass is 192 g/mol. The van der Waals surface area contributed by atoms with E-state index in [-0.39, 0.29) is 6.10 Å². The molecule has 1 atom stereocenters. The molecule has 1 aromatic carbocycles. The summed E-state index contributed by atoms with van der Waals surface area (Å²) in [6.07, 6.45) is 0.458. The zero-order chi connectivity index (χ0) is 9.26. The third kappa shape index (κ3) is 1.60. The first kappa shape index (κ1) is 8.73. The number of rotatable bonds is 2. The highest BCUT2D eigenvalue weighted by Gasteiger charge is 2.05. The lowest BCUT2D eigenvalue weighted by Crippen LogP contribution is -1.93. The minimum atomic E-state index is -0.315. The second-order valence-electron chi connectivity index (χ2n) is 3.14. The Bertz CT molecular complexity index is 405. The molecule has 0 saturated carbocycles. The van der Waals surface area contributed by atoms with Gasteiger partial charge in [-0.1, -0.05) is 13.0 Å². The number of benzene rings is 1. The molecular weight excluding hydrogens is 180 g/mol. The van der Waals surface area contributed by atoms with E-state index in [0.29, 0.717) is 0 Å². The van der Waals surface area contributed by atoms with Gasteiger partial charge >= 0.3 is 0 Å². The number of aliphatic hydroxyl groups excluding tert-OH is 1. The molecule has 0 spiro atoms. The maximum absolute atomic E-state index is 9.63. The smallest absolute Gasteiger partial charge is 0.0787 e. The van der Waals surface area contributed by atoms with E-state index in [1.165, 1.54) is 10.1 Å². The van der Waals surface area contributed by atoms with Crippen LogP contribution in [0, 0.1) is 0 Å². The molecule has 1 aromatic heterocycles. The minimum absolute atomic E-state index is 0.315. The molecular formula is C11H12OS. The third-order valence-corrected chi connectivity index (χ3v) is 3.15. The molecule has 0 aliphatic rings. The summed E-state index contributed by atoms with van der Waals surface area (Å²) in [5.41, 5.74) is 1.02. The third-order valence-electron chi connectivity index (χ3n) is 2.25. The van der Waals surface area contributed by atoms with Crippen LogP contribution in [0.1, 0.15) is 25.0 Å². The van der Waals surface area contributed by atoms with Crippen LogP contribution >= 0.6 is 11.3 Å². The van der Waals surface area contributed by atoms with E-state index in [1.807, 2.05) is 13.0 Å². The first-order chi connectivity index (χ1) is 6.31. The van der Waals surface area contributed by atoms with Gasteiger partial charge in [-0.25, -0.2) is 0 Å². The van der Waals surface area contributed by atoms with E-state index >= 15 is 0 Å². The summed E-state index contributed by atoms with van der Waals surface area (Å²) >= 11 is 1.73. The number of fused-ring (bicyclic) bond motifs is 1. The maximum atomic E-state index is 9.63. The number of aliphatic hydroxyl groups is 1. The van der Waals surface area contributed by atoms with Gasteiger partial charge in [0.2, 0.25) is 0 Å². The van der Waals surface area contributed by atoms with Crippen molar-refractivity contribution in [2.75, 3.05) is 0 Å². The van der Waals surface area contributed by atoms with Crippen molar-refractivity contribution in [3.8, 4) is 0 Å². The summed E-state index contributed by atoms with van der Waals surface area (Å²) in [5, 5.41) is 12.9. The number of hydrogen-bond donors (Lipinski definition) is 1. The normalized spacial score (nSPS) is 13.4. The van der Waals surface area contributed by atoms with Gasteiger partial charge in [-0.2, -0.15) is 0 Å². The molecule has 0 aliphatic heterocycles. The van der Waals surface area contributed by atoms with Crippen molar-refractivity contribution in [1.29, 1.82) is 0 Å². The summed E-state index contributed by atoms with van der Waals surface area (Å²) in [6.45, 7) is 1.99. The van der Waals surface area contributed by atoms with Crippen LogP contribution in [0.5, 0.6) is 0 Å². The van der Waals surface area contributed by atoms with Gasteiger partial charge in [-0.15, -0.1) is 11.3 Å². The lowest BCUT2D eigenvalue weighted by Gasteiger charge is -2.07. The fourth-order valence-electron chi connectivity index (χ4n) is 1.43. The van der Waals surface area contributed by atoms with Gasteiger partial charge in [0.1, 0.15) is 0 Å². The fraction of sp³-hybridized carbons (Fsp3) is 0.273. The van der Waals surface area contributed by atoms with Gasteiger partial charge in [0.25, 0.3) is 0 Å². The van der Waals surface area contributed by atoms with E-state index in [0.717, 1.165) is 12.0 Å². The molecule has 0 fully saturated rings. The Morgan fingerprint density at radius 3 is 3.00 bits per heavy atom. The lowest BCUT2D eigenvalue weighted by molar-refractivity contribution is 0.174. The first-order valence-corrected chi connectivity index (χ1v) is 5.34. The van der Waals surface area contributed by atoms with Crippen molar-refractivity contribution in [3.05, 3.63) is 35.2 Å². The highest BCUT2D eigenvalue weighted by atomic mass is 32.1. The van der Waals surface area contributed by atoms with Crippen molar-refractivity contribution in [3.63, 3.8) is 0 Å². The van der Waals surface area contributed by atoms with Crippen LogP contribution < -0.4 is 0 Å². The SMILES string of the molecule is CCC(O)c1ccc2sccc2c1. The van der Waals surface area contributed by atoms with Crippen LogP contribution in [-0.4, -0.2) is 5.11 Å². The van der Waals surface area contributed by atoms with E-state index < -0.39 is 0 Å². The zero-order valence-electron chi connectivity index (χ0n) is 7.53. The summed E-state index contributed by atoms with van der Waals surface area (Å²) in [5.74, 6) is 0. The van der Waals surface area contributed by atoms with Crippen LogP contribution in [0.2, 0.25) is 0 Å². The Balaban J connectivity index is 2.48. The molecule has 2 heteroatoms. The quantitative estimate of drug-likeness (QED) is 0.773. The molecule has 0 saturated heterocycles. The summed E-state index contributed by atoms with van der Waals surface area (Å²) in [4.78, 5) is 0. The molecule has 68 valence electrons. The van der Waals surface area contributed by atoms with Crippen LogP contribution in [0.15, 0.2) is 29.6 Å². The van der Waals surface area contributed by atoms with Crippen molar-refractivity contribution in [2.24, 2.45) is 0 Å². The molecule has 1 N–H and O–H groups in total. The summed E-state index contributed by atoms with van der Waals surface area (Å²) in [6, 6.07) is 8.24. The fourth-order valence-corrected chi connectivity index (χ4v) is 2.20. The number of thiophene rings is 1. The Labute approximate surface area is 81.6 Å². The molecule has 0 aliphatic carbocycles. The molecule has 0 radical (unpaired) electrons. The van der Waals surface area contributed by atoms with E-state index in [4.69, 9.17) is 0 Å². The molecule has 13 heavy (non-hydrogen) atoms. The van der Waals surface area contributed by atoms with Gasteiger partial charge in [0.15, 0.2) is 0 Å². The lowest BCUT2D eigenvalue weighted by atomic mass is 10.1. The van der Waals surface area contributed by atoms with Gasteiger partial charge in [0, 0.05) is 4.70 Å². The topological polar surface area (TPSA) is 20.2 Å². The molecule has 2 aromatic rings. The molecule has 1 nitrogen and oxygen atoms in total. The maximum Gasteiger partial charge on any atom is 0.0787 e. The van der Waals surface area contributed by atoms with Crippen molar-refractivity contribution >= 4 is 21.4 Å². The van der Waals surface area contributed by atoms with E-state index in [1.54, 1.807) is 11.3 Å². The van der Waals surface area contributed by atoms with Gasteiger partial charge in [0.05, 0.1) is 6.10 Å². The first-order valence-electron chi connectivity index (χ1n) is 4.46. The Kier molecular flexibility index (Phi) is 2.34. The Hall–Kier alpha value is -0.860. The van der Waals surface area contributed by atoms with E-state index in [2.05, 4.69) is 23.6 Å². The van der Waals surface area contributed by atoms with Gasteiger partial charge < -0.3 is 5.11 Å². The average Bonchev–Trinajstić information content (AvgIpc) is 2.63. The largest absolute Gasteiger partial charge is 0.388 e. The summed E-state index contributed by atoms with van der Waals surface area (Å²) in [7, 11) is 0. The van der Waals surface area contributed by atoms with Crippen LogP contribution in [0.4, 0.5) is 0 Å². The molecule has 1 heterocycles. The van der Waals surface area contributed by atoms with Gasteiger partial charge in [-0.05, 0) is 40.9 Å². The Morgan fingerprint density at radius 1 is 1.38 bits per heavy atom. The molecule has 0 bridgehead atoms. The molecule has 2 rings (SSSR count).